The van der Waals surface area contributed by atoms with Gasteiger partial charge in [-0.25, -0.2) is 0 Å². The van der Waals surface area contributed by atoms with Crippen LogP contribution in [-0.2, 0) is 4.79 Å². The predicted molar refractivity (Wildman–Crippen MR) is 88.9 cm³/mol. The standard InChI is InChI=1S/C18H19ClN2O/c19-17-8-6-16(7-9-17)18(15-4-2-1-3-5-15)21-12-10-20(14-22)11-13-21/h1-9,14,18H,10-13H2. The number of halogens is 1. The van der Waals surface area contributed by atoms with Crippen LogP contribution < -0.4 is 0 Å². The van der Waals surface area contributed by atoms with E-state index >= 15 is 0 Å². The van der Waals surface area contributed by atoms with Gasteiger partial charge in [-0.15, -0.1) is 0 Å². The SMILES string of the molecule is O=CN1CCN(C(c2ccccc2)c2ccc(Cl)cc2)CC1. The van der Waals surface area contributed by atoms with Crippen molar-refractivity contribution in [2.45, 2.75) is 6.04 Å². The second-order valence-corrected chi connectivity index (χ2v) is 5.98. The molecule has 1 unspecified atom stereocenters. The molecule has 1 saturated heterocycles. The molecule has 2 aromatic carbocycles. The number of piperazine rings is 1. The molecule has 1 heterocycles. The van der Waals surface area contributed by atoms with E-state index in [1.807, 2.05) is 23.1 Å². The minimum absolute atomic E-state index is 0.201. The van der Waals surface area contributed by atoms with Crippen molar-refractivity contribution in [3.63, 3.8) is 0 Å². The van der Waals surface area contributed by atoms with Crippen molar-refractivity contribution in [1.29, 1.82) is 0 Å². The normalized spacial score (nSPS) is 17.2. The Bertz CT molecular complexity index is 607. The number of carbonyl (C=O) groups excluding carboxylic acids is 1. The van der Waals surface area contributed by atoms with Gasteiger partial charge in [0.25, 0.3) is 0 Å². The number of hydrogen-bond acceptors (Lipinski definition) is 2. The molecule has 1 aliphatic heterocycles. The van der Waals surface area contributed by atoms with E-state index in [1.165, 1.54) is 11.1 Å². The molecule has 0 N–H and O–H groups in total. The van der Waals surface area contributed by atoms with Crippen molar-refractivity contribution in [1.82, 2.24) is 9.80 Å². The fraction of sp³-hybridized carbons (Fsp3) is 0.278. The molecule has 1 aliphatic rings. The highest BCUT2D eigenvalue weighted by Gasteiger charge is 2.25. The van der Waals surface area contributed by atoms with Gasteiger partial charge in [0.15, 0.2) is 0 Å². The maximum Gasteiger partial charge on any atom is 0.209 e. The highest BCUT2D eigenvalue weighted by atomic mass is 35.5. The number of nitrogens with zero attached hydrogens (tertiary/aromatic N) is 2. The molecule has 2 aromatic rings. The lowest BCUT2D eigenvalue weighted by Gasteiger charge is -2.38. The van der Waals surface area contributed by atoms with Crippen LogP contribution in [0.25, 0.3) is 0 Å². The molecule has 22 heavy (non-hydrogen) atoms. The van der Waals surface area contributed by atoms with Crippen LogP contribution in [0.2, 0.25) is 5.02 Å². The van der Waals surface area contributed by atoms with Gasteiger partial charge in [-0.1, -0.05) is 54.1 Å². The Morgan fingerprint density at radius 3 is 2.05 bits per heavy atom. The van der Waals surface area contributed by atoms with E-state index in [4.69, 9.17) is 11.6 Å². The van der Waals surface area contributed by atoms with Crippen molar-refractivity contribution in [2.75, 3.05) is 26.2 Å². The third-order valence-electron chi connectivity index (χ3n) is 4.16. The summed E-state index contributed by atoms with van der Waals surface area (Å²) in [5.41, 5.74) is 2.50. The summed E-state index contributed by atoms with van der Waals surface area (Å²) in [4.78, 5) is 15.2. The van der Waals surface area contributed by atoms with Gasteiger partial charge in [0.1, 0.15) is 0 Å². The predicted octanol–water partition coefficient (Wildman–Crippen LogP) is 3.20. The Hall–Kier alpha value is -1.84. The summed E-state index contributed by atoms with van der Waals surface area (Å²) in [7, 11) is 0. The lowest BCUT2D eigenvalue weighted by molar-refractivity contribution is -0.119. The van der Waals surface area contributed by atoms with Crippen LogP contribution in [-0.4, -0.2) is 42.4 Å². The molecular weight excluding hydrogens is 296 g/mol. The van der Waals surface area contributed by atoms with Crippen molar-refractivity contribution >= 4 is 18.0 Å². The van der Waals surface area contributed by atoms with Gasteiger partial charge in [-0.3, -0.25) is 9.69 Å². The molecule has 1 fully saturated rings. The van der Waals surface area contributed by atoms with E-state index in [2.05, 4.69) is 41.3 Å². The second-order valence-electron chi connectivity index (χ2n) is 5.54. The van der Waals surface area contributed by atoms with Gasteiger partial charge in [0, 0.05) is 31.2 Å². The molecule has 0 radical (unpaired) electrons. The maximum atomic E-state index is 10.9. The van der Waals surface area contributed by atoms with Crippen molar-refractivity contribution in [3.05, 3.63) is 70.7 Å². The van der Waals surface area contributed by atoms with Crippen LogP contribution in [0.3, 0.4) is 0 Å². The van der Waals surface area contributed by atoms with Gasteiger partial charge in [0.05, 0.1) is 6.04 Å². The molecule has 1 atom stereocenters. The number of rotatable bonds is 4. The zero-order chi connectivity index (χ0) is 15.4. The summed E-state index contributed by atoms with van der Waals surface area (Å²) in [6, 6.07) is 18.7. The molecule has 114 valence electrons. The lowest BCUT2D eigenvalue weighted by atomic mass is 9.96. The molecule has 0 aliphatic carbocycles. The summed E-state index contributed by atoms with van der Waals surface area (Å²) < 4.78 is 0. The van der Waals surface area contributed by atoms with E-state index in [0.29, 0.717) is 0 Å². The first-order valence-corrected chi connectivity index (χ1v) is 7.89. The van der Waals surface area contributed by atoms with Crippen LogP contribution in [0.15, 0.2) is 54.6 Å². The zero-order valence-electron chi connectivity index (χ0n) is 12.4. The average molecular weight is 315 g/mol. The second kappa shape index (κ2) is 6.95. The summed E-state index contributed by atoms with van der Waals surface area (Å²) in [6.07, 6.45) is 0.942. The van der Waals surface area contributed by atoms with Crippen LogP contribution in [0, 0.1) is 0 Å². The molecule has 0 bridgehead atoms. The lowest BCUT2D eigenvalue weighted by Crippen LogP contribution is -2.47. The minimum Gasteiger partial charge on any atom is -0.343 e. The summed E-state index contributed by atoms with van der Waals surface area (Å²) in [6.45, 7) is 3.31. The zero-order valence-corrected chi connectivity index (χ0v) is 13.1. The van der Waals surface area contributed by atoms with E-state index in [1.54, 1.807) is 0 Å². The van der Waals surface area contributed by atoms with Crippen molar-refractivity contribution < 1.29 is 4.79 Å². The van der Waals surface area contributed by atoms with Crippen LogP contribution >= 0.6 is 11.6 Å². The van der Waals surface area contributed by atoms with E-state index in [9.17, 15) is 4.79 Å². The summed E-state index contributed by atoms with van der Waals surface area (Å²) in [5.74, 6) is 0. The molecule has 1 amide bonds. The smallest absolute Gasteiger partial charge is 0.209 e. The highest BCUT2D eigenvalue weighted by Crippen LogP contribution is 2.30. The van der Waals surface area contributed by atoms with Crippen molar-refractivity contribution in [2.24, 2.45) is 0 Å². The van der Waals surface area contributed by atoms with Gasteiger partial charge in [-0.2, -0.15) is 0 Å². The Balaban J connectivity index is 1.90. The quantitative estimate of drug-likeness (QED) is 0.809. The Morgan fingerprint density at radius 1 is 0.864 bits per heavy atom. The van der Waals surface area contributed by atoms with Crippen LogP contribution in [0.5, 0.6) is 0 Å². The number of benzene rings is 2. The van der Waals surface area contributed by atoms with Crippen LogP contribution in [0.1, 0.15) is 17.2 Å². The van der Waals surface area contributed by atoms with Gasteiger partial charge >= 0.3 is 0 Å². The molecule has 3 nitrogen and oxygen atoms in total. The summed E-state index contributed by atoms with van der Waals surface area (Å²) >= 11 is 6.03. The minimum atomic E-state index is 0.201. The van der Waals surface area contributed by atoms with E-state index in [-0.39, 0.29) is 6.04 Å². The number of amides is 1. The Morgan fingerprint density at radius 2 is 1.45 bits per heavy atom. The molecule has 0 saturated carbocycles. The average Bonchev–Trinajstić information content (AvgIpc) is 2.58. The largest absolute Gasteiger partial charge is 0.343 e. The molecule has 0 aromatic heterocycles. The van der Waals surface area contributed by atoms with Crippen molar-refractivity contribution in [3.8, 4) is 0 Å². The Kier molecular flexibility index (Phi) is 4.76. The molecule has 3 rings (SSSR count). The van der Waals surface area contributed by atoms with E-state index in [0.717, 1.165) is 37.6 Å². The van der Waals surface area contributed by atoms with E-state index < -0.39 is 0 Å². The third-order valence-corrected chi connectivity index (χ3v) is 4.42. The first kappa shape index (κ1) is 15.1. The first-order valence-electron chi connectivity index (χ1n) is 7.52. The first-order chi connectivity index (χ1) is 10.8. The van der Waals surface area contributed by atoms with Crippen LogP contribution in [0.4, 0.5) is 0 Å². The molecule has 0 spiro atoms. The van der Waals surface area contributed by atoms with Gasteiger partial charge in [-0.05, 0) is 23.3 Å². The summed E-state index contributed by atoms with van der Waals surface area (Å²) in [5, 5.41) is 0.751. The fourth-order valence-electron chi connectivity index (χ4n) is 3.00. The molecule has 4 heteroatoms. The highest BCUT2D eigenvalue weighted by molar-refractivity contribution is 6.30. The number of hydrogen-bond donors (Lipinski definition) is 0. The fourth-order valence-corrected chi connectivity index (χ4v) is 3.12. The van der Waals surface area contributed by atoms with Gasteiger partial charge < -0.3 is 4.90 Å². The number of carbonyl (C=O) groups is 1. The van der Waals surface area contributed by atoms with Gasteiger partial charge in [0.2, 0.25) is 6.41 Å². The Labute approximate surface area is 136 Å². The third kappa shape index (κ3) is 3.32. The topological polar surface area (TPSA) is 23.6 Å². The maximum absolute atomic E-state index is 10.9. The molecular formula is C18H19ClN2O. The monoisotopic (exact) mass is 314 g/mol.